The van der Waals surface area contributed by atoms with Crippen molar-refractivity contribution >= 4 is 17.7 Å². The zero-order chi connectivity index (χ0) is 11.4. The number of nitrogens with zero attached hydrogens (tertiary/aromatic N) is 1. The van der Waals surface area contributed by atoms with Crippen LogP contribution in [0.4, 0.5) is 0 Å². The predicted octanol–water partition coefficient (Wildman–Crippen LogP) is 1.32. The molecule has 2 N–H and O–H groups in total. The van der Waals surface area contributed by atoms with E-state index < -0.39 is 0 Å². The van der Waals surface area contributed by atoms with Crippen LogP contribution in [0.25, 0.3) is 0 Å². The summed E-state index contributed by atoms with van der Waals surface area (Å²) >= 11 is 1.97. The van der Waals surface area contributed by atoms with E-state index in [9.17, 15) is 4.79 Å². The second kappa shape index (κ2) is 5.75. The lowest BCUT2D eigenvalue weighted by Gasteiger charge is -2.34. The molecule has 1 heterocycles. The van der Waals surface area contributed by atoms with Gasteiger partial charge in [0.2, 0.25) is 5.91 Å². The van der Waals surface area contributed by atoms with Crippen LogP contribution in [-0.4, -0.2) is 40.9 Å². The lowest BCUT2D eigenvalue weighted by molar-refractivity contribution is -0.133. The zero-order valence-corrected chi connectivity index (χ0v) is 10.7. The van der Waals surface area contributed by atoms with Gasteiger partial charge in [0.05, 0.1) is 6.04 Å². The Labute approximate surface area is 96.8 Å². The van der Waals surface area contributed by atoms with Crippen LogP contribution in [-0.2, 0) is 4.79 Å². The van der Waals surface area contributed by atoms with Crippen molar-refractivity contribution in [1.29, 1.82) is 0 Å². The Bertz CT molecular complexity index is 221. The normalized spacial score (nSPS) is 24.3. The average Bonchev–Trinajstić information content (AvgIpc) is 2.27. The van der Waals surface area contributed by atoms with Crippen LogP contribution in [0.15, 0.2) is 0 Å². The van der Waals surface area contributed by atoms with Crippen LogP contribution in [0.2, 0.25) is 0 Å². The van der Waals surface area contributed by atoms with Gasteiger partial charge >= 0.3 is 0 Å². The van der Waals surface area contributed by atoms with Gasteiger partial charge in [-0.05, 0) is 12.3 Å². The fraction of sp³-hybridized carbons (Fsp3) is 0.909. The minimum atomic E-state index is -0.328. The van der Waals surface area contributed by atoms with E-state index in [1.54, 1.807) is 0 Å². The molecular weight excluding hydrogens is 208 g/mol. The number of rotatable bonds is 3. The number of amides is 1. The van der Waals surface area contributed by atoms with E-state index in [1.165, 1.54) is 0 Å². The van der Waals surface area contributed by atoms with Gasteiger partial charge in [0.15, 0.2) is 0 Å². The fourth-order valence-electron chi connectivity index (χ4n) is 1.66. The van der Waals surface area contributed by atoms with Gasteiger partial charge in [-0.15, -0.1) is 0 Å². The fourth-order valence-corrected chi connectivity index (χ4v) is 2.84. The SMILES string of the molecule is CCC1CN(C(=O)[C@@H](N)C(C)C)CCS1. The van der Waals surface area contributed by atoms with Crippen molar-refractivity contribution in [3.8, 4) is 0 Å². The molecule has 3 nitrogen and oxygen atoms in total. The molecule has 15 heavy (non-hydrogen) atoms. The molecule has 0 aromatic heterocycles. The van der Waals surface area contributed by atoms with Crippen LogP contribution < -0.4 is 5.73 Å². The highest BCUT2D eigenvalue weighted by atomic mass is 32.2. The van der Waals surface area contributed by atoms with Crippen molar-refractivity contribution < 1.29 is 4.79 Å². The molecule has 0 aliphatic carbocycles. The lowest BCUT2D eigenvalue weighted by atomic mass is 10.0. The Balaban J connectivity index is 2.52. The smallest absolute Gasteiger partial charge is 0.239 e. The number of thioether (sulfide) groups is 1. The highest BCUT2D eigenvalue weighted by Gasteiger charge is 2.27. The molecule has 4 heteroatoms. The number of nitrogens with two attached hydrogens (primary N) is 1. The Kier molecular flexibility index (Phi) is 4.93. The highest BCUT2D eigenvalue weighted by Crippen LogP contribution is 2.21. The summed E-state index contributed by atoms with van der Waals surface area (Å²) in [6.07, 6.45) is 1.13. The monoisotopic (exact) mass is 230 g/mol. The number of carbonyl (C=O) groups is 1. The van der Waals surface area contributed by atoms with E-state index in [-0.39, 0.29) is 17.9 Å². The van der Waals surface area contributed by atoms with Gasteiger partial charge in [-0.25, -0.2) is 0 Å². The topological polar surface area (TPSA) is 46.3 Å². The number of carbonyl (C=O) groups excluding carboxylic acids is 1. The Morgan fingerprint density at radius 1 is 1.60 bits per heavy atom. The molecule has 0 aromatic carbocycles. The van der Waals surface area contributed by atoms with Gasteiger partial charge in [0.25, 0.3) is 0 Å². The van der Waals surface area contributed by atoms with E-state index in [0.29, 0.717) is 5.25 Å². The summed E-state index contributed by atoms with van der Waals surface area (Å²) in [4.78, 5) is 13.9. The third-order valence-electron chi connectivity index (χ3n) is 2.91. The second-order valence-electron chi connectivity index (χ2n) is 4.46. The first-order valence-corrected chi connectivity index (χ1v) is 6.77. The standard InChI is InChI=1S/C11H22N2OS/c1-4-9-7-13(5-6-15-9)11(14)10(12)8(2)3/h8-10H,4-7,12H2,1-3H3/t9?,10-/m0/s1. The molecule has 0 aromatic rings. The molecule has 1 unspecified atom stereocenters. The number of hydrogen-bond acceptors (Lipinski definition) is 3. The molecule has 1 aliphatic rings. The molecule has 0 spiro atoms. The molecule has 1 fully saturated rings. The van der Waals surface area contributed by atoms with Gasteiger partial charge in [0.1, 0.15) is 0 Å². The van der Waals surface area contributed by atoms with Gasteiger partial charge < -0.3 is 10.6 Å². The minimum Gasteiger partial charge on any atom is -0.339 e. The molecule has 88 valence electrons. The molecule has 0 radical (unpaired) electrons. The molecule has 0 saturated carbocycles. The van der Waals surface area contributed by atoms with Crippen molar-refractivity contribution in [2.24, 2.45) is 11.7 Å². The van der Waals surface area contributed by atoms with Crippen LogP contribution in [0.3, 0.4) is 0 Å². The molecule has 0 bridgehead atoms. The minimum absolute atomic E-state index is 0.128. The zero-order valence-electron chi connectivity index (χ0n) is 9.90. The van der Waals surface area contributed by atoms with Gasteiger partial charge in [-0.2, -0.15) is 11.8 Å². The third kappa shape index (κ3) is 3.38. The third-order valence-corrected chi connectivity index (χ3v) is 4.28. The first-order valence-electron chi connectivity index (χ1n) is 5.72. The first kappa shape index (κ1) is 12.8. The molecule has 1 aliphatic heterocycles. The number of hydrogen-bond donors (Lipinski definition) is 1. The Hall–Kier alpha value is -0.220. The summed E-state index contributed by atoms with van der Waals surface area (Å²) < 4.78 is 0. The summed E-state index contributed by atoms with van der Waals surface area (Å²) in [5.41, 5.74) is 5.88. The molecule has 1 rings (SSSR count). The largest absolute Gasteiger partial charge is 0.339 e. The van der Waals surface area contributed by atoms with E-state index in [0.717, 1.165) is 25.3 Å². The second-order valence-corrected chi connectivity index (χ2v) is 5.86. The van der Waals surface area contributed by atoms with Crippen molar-refractivity contribution in [3.63, 3.8) is 0 Å². The quantitative estimate of drug-likeness (QED) is 0.795. The van der Waals surface area contributed by atoms with Crippen molar-refractivity contribution in [2.45, 2.75) is 38.5 Å². The van der Waals surface area contributed by atoms with E-state index in [1.807, 2.05) is 30.5 Å². The predicted molar refractivity (Wildman–Crippen MR) is 65.9 cm³/mol. The van der Waals surface area contributed by atoms with Crippen molar-refractivity contribution in [3.05, 3.63) is 0 Å². The molecule has 1 amide bonds. The summed E-state index contributed by atoms with van der Waals surface area (Å²) in [5, 5.41) is 0.599. The summed E-state index contributed by atoms with van der Waals surface area (Å²) in [6.45, 7) is 7.91. The van der Waals surface area contributed by atoms with E-state index in [2.05, 4.69) is 6.92 Å². The summed E-state index contributed by atoms with van der Waals surface area (Å²) in [6, 6.07) is -0.328. The summed E-state index contributed by atoms with van der Waals surface area (Å²) in [7, 11) is 0. The van der Waals surface area contributed by atoms with Gasteiger partial charge in [-0.3, -0.25) is 4.79 Å². The van der Waals surface area contributed by atoms with Crippen LogP contribution in [0, 0.1) is 5.92 Å². The Morgan fingerprint density at radius 2 is 2.27 bits per heavy atom. The molecule has 2 atom stereocenters. The molecule has 1 saturated heterocycles. The lowest BCUT2D eigenvalue weighted by Crippen LogP contribution is -2.50. The first-order chi connectivity index (χ1) is 7.06. The maximum atomic E-state index is 12.0. The van der Waals surface area contributed by atoms with Crippen LogP contribution >= 0.6 is 11.8 Å². The van der Waals surface area contributed by atoms with Crippen molar-refractivity contribution in [2.75, 3.05) is 18.8 Å². The van der Waals surface area contributed by atoms with E-state index >= 15 is 0 Å². The van der Waals surface area contributed by atoms with Crippen LogP contribution in [0.5, 0.6) is 0 Å². The Morgan fingerprint density at radius 3 is 2.80 bits per heavy atom. The summed E-state index contributed by atoms with van der Waals surface area (Å²) in [5.74, 6) is 1.41. The highest BCUT2D eigenvalue weighted by molar-refractivity contribution is 8.00. The van der Waals surface area contributed by atoms with Gasteiger partial charge in [-0.1, -0.05) is 20.8 Å². The van der Waals surface area contributed by atoms with Crippen LogP contribution in [0.1, 0.15) is 27.2 Å². The average molecular weight is 230 g/mol. The van der Waals surface area contributed by atoms with Crippen molar-refractivity contribution in [1.82, 2.24) is 4.90 Å². The maximum Gasteiger partial charge on any atom is 0.239 e. The van der Waals surface area contributed by atoms with Gasteiger partial charge in [0, 0.05) is 24.1 Å². The van der Waals surface area contributed by atoms with E-state index in [4.69, 9.17) is 5.73 Å². The molecular formula is C11H22N2OS. The maximum absolute atomic E-state index is 12.0.